The number of hydrogen-bond acceptors (Lipinski definition) is 6. The largest absolute Gasteiger partial charge is 0.493 e. The van der Waals surface area contributed by atoms with Gasteiger partial charge in [-0.1, -0.05) is 66.9 Å². The number of amides is 2. The third-order valence-electron chi connectivity index (χ3n) is 7.54. The molecule has 4 aromatic rings. The normalized spacial score (nSPS) is 14.5. The number of ether oxygens (including phenoxy) is 2. The number of carbonyl (C=O) groups excluding carboxylic acids is 2. The molecule has 9 heteroatoms. The van der Waals surface area contributed by atoms with Crippen LogP contribution in [0.25, 0.3) is 11.0 Å². The van der Waals surface area contributed by atoms with Gasteiger partial charge in [-0.15, -0.1) is 5.10 Å². The minimum absolute atomic E-state index is 0.0495. The summed E-state index contributed by atoms with van der Waals surface area (Å²) in [5.41, 5.74) is 3.46. The Balaban J connectivity index is 1.64. The molecule has 5 rings (SSSR count). The predicted octanol–water partition coefficient (Wildman–Crippen LogP) is 4.98. The van der Waals surface area contributed by atoms with Gasteiger partial charge in [0, 0.05) is 17.3 Å². The second kappa shape index (κ2) is 12.2. The maximum absolute atomic E-state index is 14.4. The van der Waals surface area contributed by atoms with Crippen LogP contribution in [0.4, 0.5) is 5.69 Å². The third kappa shape index (κ3) is 5.50. The first kappa shape index (κ1) is 27.2. The number of anilines is 1. The Kier molecular flexibility index (Phi) is 8.28. The maximum Gasteiger partial charge on any atom is 0.249 e. The van der Waals surface area contributed by atoms with Crippen LogP contribution in [0.5, 0.6) is 11.5 Å². The summed E-state index contributed by atoms with van der Waals surface area (Å²) in [6.45, 7) is 1.83. The van der Waals surface area contributed by atoms with Crippen molar-refractivity contribution in [2.45, 2.75) is 57.7 Å². The number of methoxy groups -OCH3 is 2. The van der Waals surface area contributed by atoms with Crippen molar-refractivity contribution >= 4 is 28.5 Å². The third-order valence-corrected chi connectivity index (χ3v) is 7.54. The van der Waals surface area contributed by atoms with Crippen molar-refractivity contribution in [1.29, 1.82) is 0 Å². The Morgan fingerprint density at radius 1 is 0.975 bits per heavy atom. The summed E-state index contributed by atoms with van der Waals surface area (Å²) in [7, 11) is 3.09. The Morgan fingerprint density at radius 2 is 1.73 bits per heavy atom. The van der Waals surface area contributed by atoms with E-state index >= 15 is 0 Å². The molecule has 2 amide bonds. The van der Waals surface area contributed by atoms with Crippen molar-refractivity contribution in [1.82, 2.24) is 20.3 Å². The van der Waals surface area contributed by atoms with E-state index in [4.69, 9.17) is 9.47 Å². The Morgan fingerprint density at radius 3 is 2.48 bits per heavy atom. The Hall–Kier alpha value is -4.40. The van der Waals surface area contributed by atoms with Crippen molar-refractivity contribution in [3.8, 4) is 11.5 Å². The van der Waals surface area contributed by atoms with Crippen molar-refractivity contribution in [2.24, 2.45) is 0 Å². The van der Waals surface area contributed by atoms with Gasteiger partial charge in [-0.2, -0.15) is 0 Å². The molecule has 1 fully saturated rings. The van der Waals surface area contributed by atoms with E-state index in [1.165, 1.54) is 6.42 Å². The van der Waals surface area contributed by atoms with E-state index in [2.05, 4.69) is 15.6 Å². The molecule has 0 radical (unpaired) electrons. The highest BCUT2D eigenvalue weighted by Crippen LogP contribution is 2.40. The molecule has 9 nitrogen and oxygen atoms in total. The van der Waals surface area contributed by atoms with Crippen LogP contribution in [-0.4, -0.2) is 47.1 Å². The molecule has 1 heterocycles. The summed E-state index contributed by atoms with van der Waals surface area (Å²) in [5.74, 6) is 0.318. The summed E-state index contributed by atoms with van der Waals surface area (Å²) < 4.78 is 12.9. The van der Waals surface area contributed by atoms with Crippen LogP contribution in [0.15, 0.2) is 66.7 Å². The molecule has 1 aliphatic carbocycles. The van der Waals surface area contributed by atoms with Crippen LogP contribution >= 0.6 is 0 Å². The standard InChI is InChI=1S/C31H35N5O4/c1-21-12-7-9-17-25(21)36(28(37)20-35-26-18-10-8-16-24(26)33-34-35)29(31(38)32-22-13-5-4-6-14-22)23-15-11-19-27(39-2)30(23)40-3/h7-12,15-19,22,29H,4-6,13-14,20H2,1-3H3,(H,32,38)/t29-/m0/s1. The van der Waals surface area contributed by atoms with E-state index in [0.717, 1.165) is 36.8 Å². The molecule has 0 aliphatic heterocycles. The molecule has 0 saturated heterocycles. The number of benzene rings is 3. The van der Waals surface area contributed by atoms with Gasteiger partial charge in [-0.05, 0) is 49.6 Å². The molecule has 1 saturated carbocycles. The van der Waals surface area contributed by atoms with Crippen molar-refractivity contribution in [3.63, 3.8) is 0 Å². The van der Waals surface area contributed by atoms with Crippen molar-refractivity contribution in [2.75, 3.05) is 19.1 Å². The topological polar surface area (TPSA) is 98.6 Å². The molecule has 1 N–H and O–H groups in total. The van der Waals surface area contributed by atoms with Crippen LogP contribution in [0, 0.1) is 6.92 Å². The second-order valence-corrected chi connectivity index (χ2v) is 10.1. The van der Waals surface area contributed by atoms with Gasteiger partial charge in [0.15, 0.2) is 11.5 Å². The zero-order valence-electron chi connectivity index (χ0n) is 23.2. The molecule has 0 bridgehead atoms. The van der Waals surface area contributed by atoms with Crippen LogP contribution in [0.3, 0.4) is 0 Å². The summed E-state index contributed by atoms with van der Waals surface area (Å²) in [6, 6.07) is 19.5. The van der Waals surface area contributed by atoms with Gasteiger partial charge < -0.3 is 14.8 Å². The summed E-state index contributed by atoms with van der Waals surface area (Å²) in [5, 5.41) is 11.7. The number of aryl methyl sites for hydroxylation is 1. The summed E-state index contributed by atoms with van der Waals surface area (Å²) >= 11 is 0. The molecule has 40 heavy (non-hydrogen) atoms. The summed E-state index contributed by atoms with van der Waals surface area (Å²) in [4.78, 5) is 30.2. The molecule has 1 aliphatic rings. The molecule has 3 aromatic carbocycles. The van der Waals surface area contributed by atoms with E-state index in [9.17, 15) is 9.59 Å². The lowest BCUT2D eigenvalue weighted by atomic mass is 9.94. The SMILES string of the molecule is COc1cccc([C@@H](C(=O)NC2CCCCC2)N(C(=O)Cn2nnc3ccccc32)c2ccccc2C)c1OC. The number of aromatic nitrogens is 3. The number of fused-ring (bicyclic) bond motifs is 1. The lowest BCUT2D eigenvalue weighted by Crippen LogP contribution is -2.48. The molecule has 0 spiro atoms. The number of rotatable bonds is 9. The zero-order valence-corrected chi connectivity index (χ0v) is 23.2. The van der Waals surface area contributed by atoms with Gasteiger partial charge in [-0.25, -0.2) is 4.68 Å². The molecule has 1 aromatic heterocycles. The van der Waals surface area contributed by atoms with Crippen LogP contribution in [0.2, 0.25) is 0 Å². The minimum atomic E-state index is -1.02. The number of hydrogen-bond donors (Lipinski definition) is 1. The fourth-order valence-corrected chi connectivity index (χ4v) is 5.54. The van der Waals surface area contributed by atoms with E-state index in [-0.39, 0.29) is 24.4 Å². The van der Waals surface area contributed by atoms with Gasteiger partial charge in [0.05, 0.1) is 19.7 Å². The fraction of sp³-hybridized carbons (Fsp3) is 0.355. The predicted molar refractivity (Wildman–Crippen MR) is 153 cm³/mol. The maximum atomic E-state index is 14.4. The average Bonchev–Trinajstić information content (AvgIpc) is 3.39. The molecule has 208 valence electrons. The first-order valence-corrected chi connectivity index (χ1v) is 13.7. The highest BCUT2D eigenvalue weighted by molar-refractivity contribution is 6.02. The average molecular weight is 542 g/mol. The van der Waals surface area contributed by atoms with E-state index in [1.54, 1.807) is 29.9 Å². The van der Waals surface area contributed by atoms with Gasteiger partial charge in [0.1, 0.15) is 18.1 Å². The van der Waals surface area contributed by atoms with E-state index in [0.29, 0.717) is 28.3 Å². The van der Waals surface area contributed by atoms with Crippen molar-refractivity contribution in [3.05, 3.63) is 77.9 Å². The minimum Gasteiger partial charge on any atom is -0.493 e. The monoisotopic (exact) mass is 541 g/mol. The summed E-state index contributed by atoms with van der Waals surface area (Å²) in [6.07, 6.45) is 5.13. The fourth-order valence-electron chi connectivity index (χ4n) is 5.54. The van der Waals surface area contributed by atoms with Gasteiger partial charge in [0.2, 0.25) is 11.8 Å². The van der Waals surface area contributed by atoms with E-state index < -0.39 is 6.04 Å². The van der Waals surface area contributed by atoms with Crippen molar-refractivity contribution < 1.29 is 19.1 Å². The van der Waals surface area contributed by atoms with E-state index in [1.807, 2.05) is 67.6 Å². The van der Waals surface area contributed by atoms with Gasteiger partial charge >= 0.3 is 0 Å². The number of nitrogens with zero attached hydrogens (tertiary/aromatic N) is 4. The molecule has 1 atom stereocenters. The molecule has 0 unspecified atom stereocenters. The first-order valence-electron chi connectivity index (χ1n) is 13.7. The van der Waals surface area contributed by atoms with Crippen LogP contribution in [-0.2, 0) is 16.1 Å². The van der Waals surface area contributed by atoms with Gasteiger partial charge in [-0.3, -0.25) is 14.5 Å². The zero-order chi connectivity index (χ0) is 28.1. The number of carbonyl (C=O) groups is 2. The molecular formula is C31H35N5O4. The van der Waals surface area contributed by atoms with Crippen LogP contribution in [0.1, 0.15) is 49.3 Å². The highest BCUT2D eigenvalue weighted by atomic mass is 16.5. The quantitative estimate of drug-likeness (QED) is 0.321. The van der Waals surface area contributed by atoms with Crippen LogP contribution < -0.4 is 19.7 Å². The highest BCUT2D eigenvalue weighted by Gasteiger charge is 2.37. The number of para-hydroxylation sites is 3. The smallest absolute Gasteiger partial charge is 0.249 e. The second-order valence-electron chi connectivity index (χ2n) is 10.1. The Bertz CT molecular complexity index is 1490. The molecular weight excluding hydrogens is 506 g/mol. The lowest BCUT2D eigenvalue weighted by molar-refractivity contribution is -0.127. The Labute approximate surface area is 234 Å². The van der Waals surface area contributed by atoms with Gasteiger partial charge in [0.25, 0.3) is 0 Å². The first-order chi connectivity index (χ1) is 19.5. The lowest BCUT2D eigenvalue weighted by Gasteiger charge is -2.35. The number of nitrogens with one attached hydrogen (secondary N) is 1.